The third-order valence-corrected chi connectivity index (χ3v) is 5.52. The van der Waals surface area contributed by atoms with Crippen LogP contribution in [0.25, 0.3) is 10.2 Å². The van der Waals surface area contributed by atoms with Crippen LogP contribution in [0.3, 0.4) is 0 Å². The number of rotatable bonds is 3. The summed E-state index contributed by atoms with van der Waals surface area (Å²) in [6.07, 6.45) is 0.857. The molecule has 7 nitrogen and oxygen atoms in total. The van der Waals surface area contributed by atoms with Crippen LogP contribution in [0.2, 0.25) is 0 Å². The molecule has 0 fully saturated rings. The molecule has 2 aromatic heterocycles. The number of hydrogen-bond acceptors (Lipinski definition) is 5. The first-order valence-corrected chi connectivity index (χ1v) is 8.48. The van der Waals surface area contributed by atoms with Crippen LogP contribution >= 0.6 is 11.3 Å². The van der Waals surface area contributed by atoms with E-state index in [0.717, 1.165) is 39.2 Å². The van der Waals surface area contributed by atoms with Crippen molar-refractivity contribution in [2.24, 2.45) is 7.05 Å². The zero-order chi connectivity index (χ0) is 17.7. The molecule has 0 saturated carbocycles. The van der Waals surface area contributed by atoms with Gasteiger partial charge in [0.1, 0.15) is 15.5 Å². The van der Waals surface area contributed by atoms with E-state index >= 15 is 0 Å². The molecule has 0 saturated heterocycles. The molecule has 0 radical (unpaired) electrons. The molecule has 0 unspecified atom stereocenters. The lowest BCUT2D eigenvalue weighted by Crippen LogP contribution is -2.38. The van der Waals surface area contributed by atoms with E-state index in [4.69, 9.17) is 9.84 Å². The maximum absolute atomic E-state index is 12.7. The van der Waals surface area contributed by atoms with E-state index in [2.05, 4.69) is 0 Å². The lowest BCUT2D eigenvalue weighted by atomic mass is 10.1. The minimum atomic E-state index is -1.12. The lowest BCUT2D eigenvalue weighted by Gasteiger charge is -2.09. The van der Waals surface area contributed by atoms with E-state index in [1.165, 1.54) is 17.7 Å². The normalized spacial score (nSPS) is 13.0. The van der Waals surface area contributed by atoms with Crippen molar-refractivity contribution in [1.29, 1.82) is 0 Å². The van der Waals surface area contributed by atoms with Gasteiger partial charge in [-0.2, -0.15) is 0 Å². The Morgan fingerprint density at radius 2 is 2.12 bits per heavy atom. The summed E-state index contributed by atoms with van der Waals surface area (Å²) in [5, 5.41) is 9.37. The van der Waals surface area contributed by atoms with Gasteiger partial charge in [-0.1, -0.05) is 12.1 Å². The van der Waals surface area contributed by atoms with Crippen LogP contribution < -0.4 is 16.0 Å². The van der Waals surface area contributed by atoms with Crippen LogP contribution in [0.4, 0.5) is 0 Å². The Kier molecular flexibility index (Phi) is 3.50. The second kappa shape index (κ2) is 5.59. The van der Waals surface area contributed by atoms with Gasteiger partial charge in [-0.05, 0) is 23.3 Å². The molecule has 8 heteroatoms. The predicted molar refractivity (Wildman–Crippen MR) is 93.0 cm³/mol. The highest BCUT2D eigenvalue weighted by molar-refractivity contribution is 7.20. The number of nitrogens with zero attached hydrogens (tertiary/aromatic N) is 2. The monoisotopic (exact) mass is 358 g/mol. The predicted octanol–water partition coefficient (Wildman–Crippen LogP) is 1.44. The van der Waals surface area contributed by atoms with E-state index in [-0.39, 0.29) is 16.8 Å². The molecule has 3 aromatic rings. The van der Waals surface area contributed by atoms with Crippen LogP contribution in [0.1, 0.15) is 20.8 Å². The fourth-order valence-electron chi connectivity index (χ4n) is 3.02. The van der Waals surface area contributed by atoms with E-state index in [1.807, 2.05) is 18.2 Å². The number of aryl methyl sites for hydroxylation is 1. The average Bonchev–Trinajstić information content (AvgIpc) is 3.23. The van der Waals surface area contributed by atoms with Gasteiger partial charge in [0.05, 0.1) is 18.5 Å². The smallest absolute Gasteiger partial charge is 0.345 e. The number of hydrogen-bond donors (Lipinski definition) is 1. The van der Waals surface area contributed by atoms with Gasteiger partial charge in [-0.15, -0.1) is 11.3 Å². The molecular formula is C17H14N2O5S. The Balaban J connectivity index is 1.86. The summed E-state index contributed by atoms with van der Waals surface area (Å²) in [5.74, 6) is -0.331. The highest BCUT2D eigenvalue weighted by Gasteiger charge is 2.18. The molecule has 0 spiro atoms. The molecule has 25 heavy (non-hydrogen) atoms. The summed E-state index contributed by atoms with van der Waals surface area (Å²) in [5.41, 5.74) is 0.942. The van der Waals surface area contributed by atoms with Crippen molar-refractivity contribution in [2.45, 2.75) is 13.0 Å². The SMILES string of the molecule is Cn1c(=O)n(Cc2ccc3c(c2)OCC3)c(=O)c2cc(C(=O)O)sc21. The minimum absolute atomic E-state index is 0.0331. The zero-order valence-electron chi connectivity index (χ0n) is 13.3. The summed E-state index contributed by atoms with van der Waals surface area (Å²) >= 11 is 0.922. The largest absolute Gasteiger partial charge is 0.493 e. The van der Waals surface area contributed by atoms with Crippen molar-refractivity contribution in [3.8, 4) is 5.75 Å². The van der Waals surface area contributed by atoms with Gasteiger partial charge in [0.15, 0.2) is 0 Å². The number of carbonyl (C=O) groups is 1. The first-order chi connectivity index (χ1) is 12.0. The molecule has 1 aliphatic rings. The minimum Gasteiger partial charge on any atom is -0.493 e. The molecule has 4 rings (SSSR count). The molecule has 1 aliphatic heterocycles. The lowest BCUT2D eigenvalue weighted by molar-refractivity contribution is 0.0702. The number of fused-ring (bicyclic) bond motifs is 2. The Morgan fingerprint density at radius 3 is 2.88 bits per heavy atom. The van der Waals surface area contributed by atoms with Crippen LogP contribution in [0, 0.1) is 0 Å². The van der Waals surface area contributed by atoms with E-state index in [0.29, 0.717) is 11.4 Å². The first-order valence-electron chi connectivity index (χ1n) is 7.67. The molecule has 1 aromatic carbocycles. The van der Waals surface area contributed by atoms with Gasteiger partial charge in [-0.3, -0.25) is 13.9 Å². The van der Waals surface area contributed by atoms with Gasteiger partial charge in [0, 0.05) is 13.5 Å². The van der Waals surface area contributed by atoms with Gasteiger partial charge in [0.2, 0.25) is 0 Å². The Hall–Kier alpha value is -2.87. The molecule has 0 amide bonds. The van der Waals surface area contributed by atoms with E-state index in [1.54, 1.807) is 0 Å². The summed E-state index contributed by atoms with van der Waals surface area (Å²) in [6.45, 7) is 0.746. The summed E-state index contributed by atoms with van der Waals surface area (Å²) in [7, 11) is 1.54. The Labute approximate surface area is 145 Å². The average molecular weight is 358 g/mol. The fourth-order valence-corrected chi connectivity index (χ4v) is 3.96. The fraction of sp³-hybridized carbons (Fsp3) is 0.235. The van der Waals surface area contributed by atoms with Gasteiger partial charge < -0.3 is 9.84 Å². The van der Waals surface area contributed by atoms with Crippen LogP contribution in [0.5, 0.6) is 5.75 Å². The highest BCUT2D eigenvalue weighted by atomic mass is 32.1. The summed E-state index contributed by atoms with van der Waals surface area (Å²) < 4.78 is 7.97. The Morgan fingerprint density at radius 1 is 1.32 bits per heavy atom. The Bertz CT molecular complexity index is 1140. The molecular weight excluding hydrogens is 344 g/mol. The number of thiophene rings is 1. The second-order valence-corrected chi connectivity index (χ2v) is 6.94. The molecule has 128 valence electrons. The molecule has 0 atom stereocenters. The zero-order valence-corrected chi connectivity index (χ0v) is 14.1. The number of ether oxygens (including phenoxy) is 1. The third-order valence-electron chi connectivity index (χ3n) is 4.32. The van der Waals surface area contributed by atoms with Crippen LogP contribution in [-0.4, -0.2) is 26.8 Å². The number of aromatic nitrogens is 2. The van der Waals surface area contributed by atoms with Gasteiger partial charge >= 0.3 is 11.7 Å². The molecule has 3 heterocycles. The van der Waals surface area contributed by atoms with E-state index < -0.39 is 17.2 Å². The second-order valence-electron chi connectivity index (χ2n) is 5.91. The number of carboxylic acid groups (broad SMARTS) is 1. The number of benzene rings is 1. The standard InChI is InChI=1S/C17H14N2O5S/c1-18-15-11(7-13(25-15)16(21)22)14(20)19(17(18)23)8-9-2-3-10-4-5-24-12(10)6-9/h2-3,6-7H,4-5,8H2,1H3,(H,21,22). The quantitative estimate of drug-likeness (QED) is 0.765. The molecule has 0 bridgehead atoms. The van der Waals surface area contributed by atoms with Crippen molar-refractivity contribution in [3.63, 3.8) is 0 Å². The van der Waals surface area contributed by atoms with E-state index in [9.17, 15) is 14.4 Å². The van der Waals surface area contributed by atoms with Crippen molar-refractivity contribution in [1.82, 2.24) is 9.13 Å². The third kappa shape index (κ3) is 2.45. The van der Waals surface area contributed by atoms with Gasteiger partial charge in [0.25, 0.3) is 5.56 Å². The van der Waals surface area contributed by atoms with Crippen molar-refractivity contribution < 1.29 is 14.6 Å². The highest BCUT2D eigenvalue weighted by Crippen LogP contribution is 2.26. The first kappa shape index (κ1) is 15.6. The number of aromatic carboxylic acids is 1. The summed E-state index contributed by atoms with van der Waals surface area (Å²) in [4.78, 5) is 36.8. The molecule has 1 N–H and O–H groups in total. The van der Waals surface area contributed by atoms with Crippen molar-refractivity contribution >= 4 is 27.5 Å². The van der Waals surface area contributed by atoms with Crippen molar-refractivity contribution in [2.75, 3.05) is 6.61 Å². The number of carboxylic acids is 1. The maximum atomic E-state index is 12.7. The molecule has 0 aliphatic carbocycles. The topological polar surface area (TPSA) is 90.5 Å². The van der Waals surface area contributed by atoms with Crippen molar-refractivity contribution in [3.05, 3.63) is 61.1 Å². The summed E-state index contributed by atoms with van der Waals surface area (Å²) in [6, 6.07) is 6.99. The van der Waals surface area contributed by atoms with Crippen LogP contribution in [-0.2, 0) is 20.0 Å². The maximum Gasteiger partial charge on any atom is 0.345 e. The van der Waals surface area contributed by atoms with Crippen LogP contribution in [0.15, 0.2) is 33.9 Å². The van der Waals surface area contributed by atoms with Gasteiger partial charge in [-0.25, -0.2) is 9.59 Å².